The van der Waals surface area contributed by atoms with E-state index in [1.54, 1.807) is 4.90 Å². The minimum Gasteiger partial charge on any atom is -0.444 e. The van der Waals surface area contributed by atoms with E-state index in [4.69, 9.17) is 4.74 Å². The third kappa shape index (κ3) is 6.54. The van der Waals surface area contributed by atoms with E-state index >= 15 is 0 Å². The van der Waals surface area contributed by atoms with Crippen LogP contribution < -0.4 is 5.32 Å². The average Bonchev–Trinajstić information content (AvgIpc) is 2.68. The molecule has 0 aromatic rings. The summed E-state index contributed by atoms with van der Waals surface area (Å²) >= 11 is 0. The number of hydrogen-bond donors (Lipinski definition) is 1. The molecule has 132 valence electrons. The standard InChI is InChI=1S/C19H34N2O2/c1-15-6-5-7-17(9-8-15)20-14-16-10-12-21(13-11-16)18(22)23-19(2,3)4/h10,15,17,20H,5-9,11-14H2,1-4H3. The van der Waals surface area contributed by atoms with E-state index < -0.39 is 5.60 Å². The van der Waals surface area contributed by atoms with Crippen molar-refractivity contribution in [2.45, 2.75) is 77.9 Å². The van der Waals surface area contributed by atoms with Crippen molar-refractivity contribution in [2.75, 3.05) is 19.6 Å². The number of rotatable bonds is 3. The van der Waals surface area contributed by atoms with Crippen LogP contribution in [0.2, 0.25) is 0 Å². The summed E-state index contributed by atoms with van der Waals surface area (Å²) in [6.45, 7) is 10.5. The first kappa shape index (κ1) is 18.3. The molecule has 4 heteroatoms. The molecule has 2 atom stereocenters. The summed E-state index contributed by atoms with van der Waals surface area (Å²) in [5.74, 6) is 0.887. The lowest BCUT2D eigenvalue weighted by Crippen LogP contribution is -2.40. The van der Waals surface area contributed by atoms with Gasteiger partial charge in [-0.25, -0.2) is 4.79 Å². The zero-order valence-electron chi connectivity index (χ0n) is 15.4. The van der Waals surface area contributed by atoms with Gasteiger partial charge >= 0.3 is 6.09 Å². The van der Waals surface area contributed by atoms with Crippen LogP contribution in [0.4, 0.5) is 4.79 Å². The molecule has 2 rings (SSSR count). The SMILES string of the molecule is CC1CCCC(NCC2=CCN(C(=O)OC(C)(C)C)CC2)CC1. The van der Waals surface area contributed by atoms with Gasteiger partial charge in [0.25, 0.3) is 0 Å². The van der Waals surface area contributed by atoms with Gasteiger partial charge in [0.1, 0.15) is 5.60 Å². The van der Waals surface area contributed by atoms with Crippen molar-refractivity contribution in [3.8, 4) is 0 Å². The molecule has 1 fully saturated rings. The Kier molecular flexibility index (Phi) is 6.51. The summed E-state index contributed by atoms with van der Waals surface area (Å²) in [5, 5.41) is 3.73. The van der Waals surface area contributed by atoms with E-state index in [9.17, 15) is 4.79 Å². The molecular formula is C19H34N2O2. The Morgan fingerprint density at radius 1 is 1.30 bits per heavy atom. The Labute approximate surface area is 141 Å². The Morgan fingerprint density at radius 2 is 2.09 bits per heavy atom. The molecule has 23 heavy (non-hydrogen) atoms. The molecule has 1 aliphatic carbocycles. The van der Waals surface area contributed by atoms with E-state index in [0.29, 0.717) is 12.6 Å². The highest BCUT2D eigenvalue weighted by molar-refractivity contribution is 5.68. The maximum Gasteiger partial charge on any atom is 0.410 e. The Hall–Kier alpha value is -1.03. The zero-order valence-corrected chi connectivity index (χ0v) is 15.4. The molecule has 4 nitrogen and oxygen atoms in total. The first-order valence-electron chi connectivity index (χ1n) is 9.23. The van der Waals surface area contributed by atoms with E-state index in [2.05, 4.69) is 18.3 Å². The summed E-state index contributed by atoms with van der Waals surface area (Å²) in [6, 6.07) is 0.671. The smallest absolute Gasteiger partial charge is 0.410 e. The summed E-state index contributed by atoms with van der Waals surface area (Å²) < 4.78 is 5.43. The molecule has 0 bridgehead atoms. The van der Waals surface area contributed by atoms with Crippen molar-refractivity contribution in [3.05, 3.63) is 11.6 Å². The molecule has 0 aromatic carbocycles. The fraction of sp³-hybridized carbons (Fsp3) is 0.842. The topological polar surface area (TPSA) is 41.6 Å². The molecule has 1 N–H and O–H groups in total. The van der Waals surface area contributed by atoms with Gasteiger partial charge in [-0.3, -0.25) is 0 Å². The minimum absolute atomic E-state index is 0.196. The van der Waals surface area contributed by atoms with Gasteiger partial charge < -0.3 is 15.0 Å². The van der Waals surface area contributed by atoms with Gasteiger partial charge in [0, 0.05) is 25.7 Å². The fourth-order valence-electron chi connectivity index (χ4n) is 3.33. The molecule has 1 saturated carbocycles. The predicted octanol–water partition coefficient (Wildman–Crippen LogP) is 4.11. The minimum atomic E-state index is -0.417. The van der Waals surface area contributed by atoms with Crippen LogP contribution in [-0.4, -0.2) is 42.3 Å². The first-order chi connectivity index (χ1) is 10.8. The van der Waals surface area contributed by atoms with Crippen LogP contribution in [-0.2, 0) is 4.74 Å². The Bertz CT molecular complexity index is 426. The lowest BCUT2D eigenvalue weighted by atomic mass is 10.0. The Balaban J connectivity index is 1.73. The molecule has 1 amide bonds. The molecule has 2 aliphatic rings. The van der Waals surface area contributed by atoms with E-state index in [-0.39, 0.29) is 6.09 Å². The predicted molar refractivity (Wildman–Crippen MR) is 94.5 cm³/mol. The lowest BCUT2D eigenvalue weighted by Gasteiger charge is -2.30. The number of amides is 1. The second kappa shape index (κ2) is 8.18. The second-order valence-electron chi connectivity index (χ2n) is 8.23. The van der Waals surface area contributed by atoms with Gasteiger partial charge in [-0.05, 0) is 52.4 Å². The van der Waals surface area contributed by atoms with Crippen LogP contribution in [0.5, 0.6) is 0 Å². The number of ether oxygens (including phenoxy) is 1. The lowest BCUT2D eigenvalue weighted by molar-refractivity contribution is 0.0265. The van der Waals surface area contributed by atoms with Crippen LogP contribution >= 0.6 is 0 Å². The van der Waals surface area contributed by atoms with Crippen molar-refractivity contribution in [3.63, 3.8) is 0 Å². The third-order valence-corrected chi connectivity index (χ3v) is 4.83. The molecular weight excluding hydrogens is 288 g/mol. The van der Waals surface area contributed by atoms with Crippen LogP contribution in [0.15, 0.2) is 11.6 Å². The molecule has 0 spiro atoms. The average molecular weight is 322 g/mol. The first-order valence-corrected chi connectivity index (χ1v) is 9.23. The van der Waals surface area contributed by atoms with Crippen molar-refractivity contribution < 1.29 is 9.53 Å². The van der Waals surface area contributed by atoms with E-state index in [1.807, 2.05) is 20.8 Å². The maximum atomic E-state index is 12.1. The van der Waals surface area contributed by atoms with Crippen LogP contribution in [0.3, 0.4) is 0 Å². The van der Waals surface area contributed by atoms with Crippen molar-refractivity contribution in [1.82, 2.24) is 10.2 Å². The number of carbonyl (C=O) groups excluding carboxylic acids is 1. The number of nitrogens with zero attached hydrogens (tertiary/aromatic N) is 1. The molecule has 0 radical (unpaired) electrons. The normalized spacial score (nSPS) is 26.4. The van der Waals surface area contributed by atoms with E-state index in [0.717, 1.165) is 25.4 Å². The molecule has 0 saturated heterocycles. The highest BCUT2D eigenvalue weighted by Gasteiger charge is 2.23. The number of hydrogen-bond acceptors (Lipinski definition) is 3. The van der Waals surface area contributed by atoms with Crippen LogP contribution in [0, 0.1) is 5.92 Å². The zero-order chi connectivity index (χ0) is 16.9. The summed E-state index contributed by atoms with van der Waals surface area (Å²) in [7, 11) is 0. The fourth-order valence-corrected chi connectivity index (χ4v) is 3.33. The van der Waals surface area contributed by atoms with Gasteiger partial charge in [0.15, 0.2) is 0 Å². The van der Waals surface area contributed by atoms with Crippen molar-refractivity contribution >= 4 is 6.09 Å². The van der Waals surface area contributed by atoms with Gasteiger partial charge in [-0.1, -0.05) is 31.4 Å². The maximum absolute atomic E-state index is 12.1. The quantitative estimate of drug-likeness (QED) is 0.628. The van der Waals surface area contributed by atoms with Crippen LogP contribution in [0.25, 0.3) is 0 Å². The van der Waals surface area contributed by atoms with Crippen molar-refractivity contribution in [1.29, 1.82) is 0 Å². The monoisotopic (exact) mass is 322 g/mol. The van der Waals surface area contributed by atoms with Gasteiger partial charge in [-0.15, -0.1) is 0 Å². The number of carbonyl (C=O) groups is 1. The third-order valence-electron chi connectivity index (χ3n) is 4.83. The molecule has 1 heterocycles. The summed E-state index contributed by atoms with van der Waals surface area (Å²) in [6.07, 6.45) is 9.65. The van der Waals surface area contributed by atoms with Gasteiger partial charge in [-0.2, -0.15) is 0 Å². The Morgan fingerprint density at radius 3 is 2.74 bits per heavy atom. The molecule has 0 aromatic heterocycles. The summed E-state index contributed by atoms with van der Waals surface area (Å²) in [4.78, 5) is 13.8. The second-order valence-corrected chi connectivity index (χ2v) is 8.23. The summed E-state index contributed by atoms with van der Waals surface area (Å²) in [5.41, 5.74) is 1.02. The largest absolute Gasteiger partial charge is 0.444 e. The van der Waals surface area contributed by atoms with Gasteiger partial charge in [0.2, 0.25) is 0 Å². The van der Waals surface area contributed by atoms with E-state index in [1.165, 1.54) is 37.7 Å². The van der Waals surface area contributed by atoms with Crippen LogP contribution in [0.1, 0.15) is 66.2 Å². The van der Waals surface area contributed by atoms with Crippen molar-refractivity contribution in [2.24, 2.45) is 5.92 Å². The molecule has 2 unspecified atom stereocenters. The highest BCUT2D eigenvalue weighted by atomic mass is 16.6. The molecule has 1 aliphatic heterocycles. The number of nitrogens with one attached hydrogen (secondary N) is 1. The van der Waals surface area contributed by atoms with Gasteiger partial charge in [0.05, 0.1) is 0 Å². The highest BCUT2D eigenvalue weighted by Crippen LogP contribution is 2.23.